The normalized spacial score (nSPS) is 25.6. The van der Waals surface area contributed by atoms with E-state index < -0.39 is 48.6 Å². The molecule has 8 heterocycles. The van der Waals surface area contributed by atoms with Gasteiger partial charge >= 0.3 is 0 Å². The van der Waals surface area contributed by atoms with Gasteiger partial charge in [-0.3, -0.25) is 39.4 Å². The number of carbonyl (C=O) groups is 4. The lowest BCUT2D eigenvalue weighted by Gasteiger charge is -2.54. The van der Waals surface area contributed by atoms with E-state index in [1.807, 2.05) is 22.8 Å². The van der Waals surface area contributed by atoms with Crippen molar-refractivity contribution in [3.63, 3.8) is 0 Å². The predicted octanol–water partition coefficient (Wildman–Crippen LogP) is 4.22. The number of aromatic nitrogens is 2. The summed E-state index contributed by atoms with van der Waals surface area (Å²) in [6.07, 6.45) is 1.44. The number of nitrogens with one attached hydrogen (secondary N) is 2. The number of H-pyrrole nitrogens is 1. The second-order valence-electron chi connectivity index (χ2n) is 18.8. The molecule has 4 atom stereocenters. The molecule has 3 unspecified atom stereocenters. The Morgan fingerprint density at radius 2 is 1.78 bits per heavy atom. The van der Waals surface area contributed by atoms with Gasteiger partial charge in [-0.15, -0.1) is 0 Å². The van der Waals surface area contributed by atoms with Crippen molar-refractivity contribution < 1.29 is 41.5 Å². The summed E-state index contributed by atoms with van der Waals surface area (Å²) in [5, 5.41) is 10.2. The van der Waals surface area contributed by atoms with E-state index in [2.05, 4.69) is 25.3 Å². The van der Waals surface area contributed by atoms with Crippen LogP contribution in [0.5, 0.6) is 5.75 Å². The third-order valence-corrected chi connectivity index (χ3v) is 15.0. The number of likely N-dealkylation sites (tertiary alicyclic amines) is 1. The van der Waals surface area contributed by atoms with Gasteiger partial charge in [-0.25, -0.2) is 17.6 Å². The Bertz CT molecular complexity index is 2570. The van der Waals surface area contributed by atoms with Crippen LogP contribution < -0.4 is 19.9 Å². The zero-order valence-corrected chi connectivity index (χ0v) is 35.4. The molecule has 1 aromatic heterocycles. The van der Waals surface area contributed by atoms with Crippen LogP contribution in [0, 0.1) is 17.0 Å². The largest absolute Gasteiger partial charge is 0.489 e. The number of ether oxygens (including phenoxy) is 1. The van der Waals surface area contributed by atoms with Gasteiger partial charge in [0.25, 0.3) is 12.3 Å². The number of anilines is 2. The van der Waals surface area contributed by atoms with E-state index in [4.69, 9.17) is 4.74 Å². The number of fused-ring (bicyclic) bond motifs is 7. The second kappa shape index (κ2) is 15.5. The van der Waals surface area contributed by atoms with Gasteiger partial charge in [0.1, 0.15) is 30.0 Å². The van der Waals surface area contributed by atoms with Crippen LogP contribution in [-0.4, -0.2) is 143 Å². The fourth-order valence-corrected chi connectivity index (χ4v) is 11.6. The summed E-state index contributed by atoms with van der Waals surface area (Å²) < 4.78 is 66.7. The number of benzene rings is 3. The summed E-state index contributed by atoms with van der Waals surface area (Å²) in [5.74, 6) is -1.86. The van der Waals surface area contributed by atoms with Crippen LogP contribution in [0.1, 0.15) is 71.3 Å². The van der Waals surface area contributed by atoms with Crippen molar-refractivity contribution in [1.29, 1.82) is 0 Å². The molecule has 14 nitrogen and oxygen atoms in total. The first-order valence-corrected chi connectivity index (χ1v) is 22.3. The zero-order chi connectivity index (χ0) is 44.2. The molecule has 7 aliphatic heterocycles. The maximum absolute atomic E-state index is 16.3. The molecule has 7 aliphatic rings. The third kappa shape index (κ3) is 6.86. The van der Waals surface area contributed by atoms with Crippen molar-refractivity contribution in [3.8, 4) is 5.75 Å². The molecule has 4 fully saturated rings. The van der Waals surface area contributed by atoms with Crippen molar-refractivity contribution in [1.82, 2.24) is 35.1 Å². The summed E-state index contributed by atoms with van der Waals surface area (Å²) >= 11 is 0. The zero-order valence-electron chi connectivity index (χ0n) is 35.4. The molecule has 4 amide bonds. The molecule has 0 saturated carbocycles. The predicted molar refractivity (Wildman–Crippen MR) is 226 cm³/mol. The minimum Gasteiger partial charge on any atom is -0.489 e. The summed E-state index contributed by atoms with van der Waals surface area (Å²) in [5.41, 5.74) is 4.58. The van der Waals surface area contributed by atoms with E-state index >= 15 is 8.78 Å². The fraction of sp³-hybridized carbons (Fsp3) is 0.500. The minimum absolute atomic E-state index is 0.0120. The molecular formula is C46H49F4N9O5. The highest BCUT2D eigenvalue weighted by atomic mass is 19.3. The van der Waals surface area contributed by atoms with Crippen LogP contribution in [0.15, 0.2) is 42.6 Å². The lowest BCUT2D eigenvalue weighted by molar-refractivity contribution is -0.146. The van der Waals surface area contributed by atoms with Gasteiger partial charge in [0.05, 0.1) is 42.6 Å². The quantitative estimate of drug-likeness (QED) is 0.205. The molecule has 1 spiro atoms. The third-order valence-electron chi connectivity index (χ3n) is 15.0. The van der Waals surface area contributed by atoms with Crippen molar-refractivity contribution in [3.05, 3.63) is 82.0 Å². The molecule has 18 heteroatoms. The first-order chi connectivity index (χ1) is 30.8. The Hall–Kier alpha value is -5.75. The lowest BCUT2D eigenvalue weighted by atomic mass is 9.72. The van der Waals surface area contributed by atoms with Gasteiger partial charge in [0.15, 0.2) is 0 Å². The summed E-state index contributed by atoms with van der Waals surface area (Å²) in [6, 6.07) is 7.86. The van der Waals surface area contributed by atoms with Gasteiger partial charge in [0, 0.05) is 92.4 Å². The second-order valence-corrected chi connectivity index (χ2v) is 18.8. The van der Waals surface area contributed by atoms with E-state index in [-0.39, 0.29) is 54.3 Å². The highest BCUT2D eigenvalue weighted by molar-refractivity contribution is 6.06. The number of rotatable bonds is 7. The summed E-state index contributed by atoms with van der Waals surface area (Å²) in [6.45, 7) is 6.54. The standard InChI is InChI=1S/C46H49F4N9O5/c1-25-12-31-29(2-3-35-32(31)17-51-53-35)43(58(25)20-39(49)50)42-33(47)14-27(15-34(42)48)55-8-6-46(7-9-55)23-56(24-46)41(61)21-54-10-11-57-28(19-54)22-64-38-16-30-26(13-37(38)57)18-59(45(30)63)36-4-5-40(60)52-44(36)62/h2-3,13-17,25,28,36,39,43H,4-12,18-24H2,1H3,(H,51,53)(H,52,60,62)/t25-,28?,36?,43?/m1/s1. The van der Waals surface area contributed by atoms with Crippen LogP contribution in [0.2, 0.25) is 0 Å². The minimum atomic E-state index is -2.68. The van der Waals surface area contributed by atoms with E-state index in [1.54, 1.807) is 24.4 Å². The maximum atomic E-state index is 16.3. The molecule has 4 saturated heterocycles. The van der Waals surface area contributed by atoms with Gasteiger partial charge < -0.3 is 24.3 Å². The highest BCUT2D eigenvalue weighted by Crippen LogP contribution is 2.46. The molecule has 2 N–H and O–H groups in total. The van der Waals surface area contributed by atoms with Crippen LogP contribution >= 0.6 is 0 Å². The number of hydrogen-bond donors (Lipinski definition) is 2. The molecule has 3 aromatic carbocycles. The monoisotopic (exact) mass is 883 g/mol. The molecule has 336 valence electrons. The molecule has 0 bridgehead atoms. The molecule has 11 rings (SSSR count). The van der Waals surface area contributed by atoms with Gasteiger partial charge in [-0.05, 0) is 79.6 Å². The molecule has 64 heavy (non-hydrogen) atoms. The van der Waals surface area contributed by atoms with Crippen LogP contribution in [0.3, 0.4) is 0 Å². The van der Waals surface area contributed by atoms with Crippen LogP contribution in [0.25, 0.3) is 10.9 Å². The number of alkyl halides is 2. The first kappa shape index (κ1) is 41.0. The number of piperazine rings is 1. The average molecular weight is 884 g/mol. The highest BCUT2D eigenvalue weighted by Gasteiger charge is 2.48. The van der Waals surface area contributed by atoms with Crippen molar-refractivity contribution in [2.24, 2.45) is 5.41 Å². The van der Waals surface area contributed by atoms with Crippen molar-refractivity contribution >= 4 is 45.9 Å². The van der Waals surface area contributed by atoms with Crippen LogP contribution in [0.4, 0.5) is 28.9 Å². The fourth-order valence-electron chi connectivity index (χ4n) is 11.6. The SMILES string of the molecule is C[C@@H]1Cc2c(ccc3[nH]ncc23)C(c2c(F)cc(N3CCC4(CC3)CN(C(=O)CN3CCN5c6cc7c(cc6OCC5C3)C(=O)N(C3CCC(=O)NC3=O)C7)C4)cc2F)N1CC(F)F. The Kier molecular flexibility index (Phi) is 9.90. The lowest BCUT2D eigenvalue weighted by Crippen LogP contribution is -2.64. The Labute approximate surface area is 366 Å². The van der Waals surface area contributed by atoms with E-state index in [1.165, 1.54) is 21.9 Å². The Balaban J connectivity index is 0.701. The van der Waals surface area contributed by atoms with Crippen molar-refractivity contribution in [2.75, 3.05) is 75.3 Å². The van der Waals surface area contributed by atoms with Crippen LogP contribution in [-0.2, 0) is 27.3 Å². The topological polar surface area (TPSA) is 138 Å². The average Bonchev–Trinajstić information content (AvgIpc) is 3.87. The number of halogens is 4. The molecule has 0 aliphatic carbocycles. The number of aromatic amines is 1. The number of amides is 4. The summed E-state index contributed by atoms with van der Waals surface area (Å²) in [4.78, 5) is 62.6. The smallest absolute Gasteiger partial charge is 0.255 e. The number of piperidine rings is 2. The number of imide groups is 1. The Morgan fingerprint density at radius 1 is 1.00 bits per heavy atom. The maximum Gasteiger partial charge on any atom is 0.255 e. The first-order valence-electron chi connectivity index (χ1n) is 22.3. The van der Waals surface area contributed by atoms with Crippen molar-refractivity contribution in [2.45, 2.75) is 76.2 Å². The van der Waals surface area contributed by atoms with E-state index in [0.29, 0.717) is 87.8 Å². The molecular weight excluding hydrogens is 835 g/mol. The van der Waals surface area contributed by atoms with Gasteiger partial charge in [-0.2, -0.15) is 5.10 Å². The van der Waals surface area contributed by atoms with E-state index in [9.17, 15) is 28.0 Å². The Morgan fingerprint density at radius 3 is 2.53 bits per heavy atom. The van der Waals surface area contributed by atoms with Gasteiger partial charge in [-0.1, -0.05) is 6.07 Å². The number of hydrogen-bond acceptors (Lipinski definition) is 10. The molecule has 4 aromatic rings. The van der Waals surface area contributed by atoms with Gasteiger partial charge in [0.2, 0.25) is 17.7 Å². The van der Waals surface area contributed by atoms with E-state index in [0.717, 1.165) is 40.6 Å². The number of nitrogens with zero attached hydrogens (tertiary/aromatic N) is 7. The molecule has 0 radical (unpaired) electrons. The summed E-state index contributed by atoms with van der Waals surface area (Å²) in [7, 11) is 0. The number of carbonyl (C=O) groups excluding carboxylic acids is 4.